The maximum Gasteiger partial charge on any atom is 0.142 e. The molecule has 8 aromatic rings. The third kappa shape index (κ3) is 14.1. The molecule has 0 amide bonds. The van der Waals surface area contributed by atoms with E-state index in [0.29, 0.717) is 6.16 Å². The van der Waals surface area contributed by atoms with Crippen molar-refractivity contribution in [3.63, 3.8) is 0 Å². The summed E-state index contributed by atoms with van der Waals surface area (Å²) in [7, 11) is -3.75. The van der Waals surface area contributed by atoms with E-state index in [9.17, 15) is 4.57 Å². The zero-order chi connectivity index (χ0) is 43.9. The molecule has 0 aliphatic carbocycles. The van der Waals surface area contributed by atoms with Crippen LogP contribution in [0, 0.1) is 0 Å². The summed E-state index contributed by atoms with van der Waals surface area (Å²) in [5.41, 5.74) is 0. The summed E-state index contributed by atoms with van der Waals surface area (Å²) in [4.78, 5) is 0. The molecule has 0 spiro atoms. The van der Waals surface area contributed by atoms with Crippen LogP contribution in [-0.4, -0.2) is 18.9 Å². The molecule has 0 N–H and O–H groups in total. The lowest BCUT2D eigenvalue weighted by molar-refractivity contribution is 0.388. The first-order valence-electron chi connectivity index (χ1n) is 20.8. The standard InChI is InChI=1S/2C14H15OP.C14H15PS.C12H10ClP/c1-2-16(15,13-9-5-3-6-10-13)14-11-7-4-8-12-14;1-2-15-16(13-9-5-3-6-10-13)14-11-7-4-8-12-14;1-2-15(16,13-9-5-3-6-10-13)14-11-7-4-8-12-14;13-14(11-7-3-1-4-8-11)12-9-5-2-6-10-12/h3*3-12H,2H2,1H3;1-10H. The summed E-state index contributed by atoms with van der Waals surface area (Å²) < 4.78 is 18.9. The molecule has 0 atom stereocenters. The molecule has 0 aliphatic heterocycles. The highest BCUT2D eigenvalue weighted by Crippen LogP contribution is 2.44. The Balaban J connectivity index is 0.000000156. The van der Waals surface area contributed by atoms with E-state index in [-0.39, 0.29) is 0 Å². The molecule has 8 rings (SSSR count). The predicted octanol–water partition coefficient (Wildman–Crippen LogP) is 12.5. The topological polar surface area (TPSA) is 26.3 Å². The molecule has 62 heavy (non-hydrogen) atoms. The Morgan fingerprint density at radius 2 is 0.661 bits per heavy atom. The first-order valence-corrected chi connectivity index (χ1v) is 29.2. The smallest absolute Gasteiger partial charge is 0.142 e. The quantitative estimate of drug-likeness (QED) is 0.114. The zero-order valence-electron chi connectivity index (χ0n) is 35.6. The molecule has 0 radical (unpaired) electrons. The minimum atomic E-state index is -2.40. The Morgan fingerprint density at radius 1 is 0.403 bits per heavy atom. The minimum absolute atomic E-state index is 0.651. The van der Waals surface area contributed by atoms with E-state index >= 15 is 0 Å². The van der Waals surface area contributed by atoms with Gasteiger partial charge in [0.1, 0.15) is 7.14 Å². The van der Waals surface area contributed by atoms with Gasteiger partial charge >= 0.3 is 0 Å². The van der Waals surface area contributed by atoms with Crippen LogP contribution in [-0.2, 0) is 20.9 Å². The van der Waals surface area contributed by atoms with Crippen molar-refractivity contribution >= 4 is 94.1 Å². The van der Waals surface area contributed by atoms with Gasteiger partial charge in [0.25, 0.3) is 0 Å². The van der Waals surface area contributed by atoms with Gasteiger partial charge in [0.15, 0.2) is 0 Å². The van der Waals surface area contributed by atoms with Crippen molar-refractivity contribution in [1.82, 2.24) is 0 Å². The molecular weight excluding hydrogens is 872 g/mol. The lowest BCUT2D eigenvalue weighted by Crippen LogP contribution is -2.17. The molecule has 0 aliphatic rings. The highest BCUT2D eigenvalue weighted by Gasteiger charge is 2.24. The van der Waals surface area contributed by atoms with Crippen LogP contribution in [0.3, 0.4) is 0 Å². The van der Waals surface area contributed by atoms with Crippen molar-refractivity contribution in [3.8, 4) is 0 Å². The summed E-state index contributed by atoms with van der Waals surface area (Å²) >= 11 is 12.3. The average molecular weight is 927 g/mol. The number of benzene rings is 8. The molecular formula is C54H55ClO2P4S. The fourth-order valence-corrected chi connectivity index (χ4v) is 15.5. The molecule has 2 nitrogen and oxygen atoms in total. The van der Waals surface area contributed by atoms with Gasteiger partial charge in [-0.3, -0.25) is 0 Å². The second kappa shape index (κ2) is 26.4. The van der Waals surface area contributed by atoms with E-state index in [1.165, 1.54) is 31.8 Å². The molecule has 0 heterocycles. The fourth-order valence-electron chi connectivity index (χ4n) is 6.52. The van der Waals surface area contributed by atoms with Crippen LogP contribution >= 0.6 is 39.8 Å². The van der Waals surface area contributed by atoms with Gasteiger partial charge in [-0.2, -0.15) is 0 Å². The van der Waals surface area contributed by atoms with Crippen LogP contribution in [0.4, 0.5) is 0 Å². The Hall–Kier alpha value is -4.25. The normalized spacial score (nSPS) is 10.9. The molecule has 0 saturated carbocycles. The summed E-state index contributed by atoms with van der Waals surface area (Å²) in [6, 6.07) is 80.3. The van der Waals surface area contributed by atoms with Gasteiger partial charge in [0.2, 0.25) is 0 Å². The van der Waals surface area contributed by atoms with Crippen LogP contribution < -0.4 is 42.4 Å². The van der Waals surface area contributed by atoms with Crippen molar-refractivity contribution in [2.45, 2.75) is 20.8 Å². The summed E-state index contributed by atoms with van der Waals surface area (Å²) in [5.74, 6) is 0. The van der Waals surface area contributed by atoms with E-state index < -0.39 is 28.6 Å². The number of hydrogen-bond donors (Lipinski definition) is 0. The molecule has 0 bridgehead atoms. The Morgan fingerprint density at radius 3 is 0.919 bits per heavy atom. The van der Waals surface area contributed by atoms with Crippen LogP contribution in [0.25, 0.3) is 0 Å². The van der Waals surface area contributed by atoms with Gasteiger partial charge in [-0.1, -0.05) is 280 Å². The molecule has 0 unspecified atom stereocenters. The number of rotatable bonds is 12. The van der Waals surface area contributed by atoms with E-state index in [1.807, 2.05) is 135 Å². The lowest BCUT2D eigenvalue weighted by Gasteiger charge is -2.21. The van der Waals surface area contributed by atoms with Crippen molar-refractivity contribution in [1.29, 1.82) is 0 Å². The Bertz CT molecular complexity index is 2240. The van der Waals surface area contributed by atoms with Gasteiger partial charge in [-0.15, -0.1) is 0 Å². The van der Waals surface area contributed by atoms with Gasteiger partial charge in [0, 0.05) is 40.0 Å². The third-order valence-electron chi connectivity index (χ3n) is 9.79. The molecule has 0 fully saturated rings. The van der Waals surface area contributed by atoms with Crippen LogP contribution in [0.2, 0.25) is 0 Å². The molecule has 0 saturated heterocycles. The zero-order valence-corrected chi connectivity index (χ0v) is 40.8. The number of halogens is 1. The minimum Gasteiger partial charge on any atom is -0.350 e. The second-order valence-corrected chi connectivity index (χ2v) is 26.4. The molecule has 8 heteroatoms. The van der Waals surface area contributed by atoms with Gasteiger partial charge in [0.05, 0.1) is 15.4 Å². The highest BCUT2D eigenvalue weighted by molar-refractivity contribution is 8.21. The second-order valence-electron chi connectivity index (χ2n) is 13.8. The van der Waals surface area contributed by atoms with Crippen molar-refractivity contribution in [2.75, 3.05) is 18.9 Å². The molecule has 316 valence electrons. The van der Waals surface area contributed by atoms with E-state index in [0.717, 1.165) is 23.4 Å². The SMILES string of the molecule is CCOP(c1ccccc1)c1ccccc1.CCP(=O)(c1ccccc1)c1ccccc1.CCP(=S)(c1ccccc1)c1ccccc1.ClP(c1ccccc1)c1ccccc1. The Kier molecular flexibility index (Phi) is 20.8. The summed E-state index contributed by atoms with van der Waals surface area (Å²) in [6.07, 6.45) is 1.71. The predicted molar refractivity (Wildman–Crippen MR) is 283 cm³/mol. The van der Waals surface area contributed by atoms with Crippen LogP contribution in [0.15, 0.2) is 243 Å². The summed E-state index contributed by atoms with van der Waals surface area (Å²) in [5, 5.41) is 9.48. The first-order chi connectivity index (χ1) is 30.3. The maximum atomic E-state index is 13.0. The van der Waals surface area contributed by atoms with Gasteiger partial charge < -0.3 is 9.09 Å². The van der Waals surface area contributed by atoms with E-state index in [4.69, 9.17) is 27.6 Å². The van der Waals surface area contributed by atoms with Crippen LogP contribution in [0.5, 0.6) is 0 Å². The fraction of sp³-hybridized carbons (Fsp3) is 0.111. The highest BCUT2D eigenvalue weighted by atomic mass is 35.7. The Labute approximate surface area is 383 Å². The third-order valence-corrected chi connectivity index (χ3v) is 22.9. The first kappa shape index (κ1) is 48.8. The molecule has 0 aromatic heterocycles. The van der Waals surface area contributed by atoms with E-state index in [1.54, 1.807) is 0 Å². The van der Waals surface area contributed by atoms with E-state index in [2.05, 4.69) is 128 Å². The lowest BCUT2D eigenvalue weighted by atomic mass is 10.4. The average Bonchev–Trinajstić information content (AvgIpc) is 3.37. The molecule has 8 aromatic carbocycles. The van der Waals surface area contributed by atoms with Crippen molar-refractivity contribution < 1.29 is 9.09 Å². The van der Waals surface area contributed by atoms with Gasteiger partial charge in [-0.25, -0.2) is 0 Å². The largest absolute Gasteiger partial charge is 0.350 e. The maximum absolute atomic E-state index is 13.0. The van der Waals surface area contributed by atoms with Crippen molar-refractivity contribution in [3.05, 3.63) is 243 Å². The van der Waals surface area contributed by atoms with Crippen molar-refractivity contribution in [2.24, 2.45) is 0 Å². The van der Waals surface area contributed by atoms with Crippen LogP contribution in [0.1, 0.15) is 20.8 Å². The number of hydrogen-bond acceptors (Lipinski definition) is 3. The summed E-state index contributed by atoms with van der Waals surface area (Å²) in [6.45, 7) is 6.97. The van der Waals surface area contributed by atoms with Gasteiger partial charge in [-0.05, 0) is 34.3 Å². The monoisotopic (exact) mass is 926 g/mol.